The summed E-state index contributed by atoms with van der Waals surface area (Å²) in [7, 11) is 0. The van der Waals surface area contributed by atoms with Crippen LogP contribution < -0.4 is 16.4 Å². The van der Waals surface area contributed by atoms with Crippen LogP contribution >= 0.6 is 0 Å². The highest BCUT2D eigenvalue weighted by Crippen LogP contribution is 2.40. The molecule has 4 N–H and O–H groups in total. The summed E-state index contributed by atoms with van der Waals surface area (Å²) in [6.45, 7) is 1.15. The highest BCUT2D eigenvalue weighted by atomic mass is 16.2. The number of hydrogen-bond acceptors (Lipinski definition) is 5. The lowest BCUT2D eigenvalue weighted by molar-refractivity contribution is -0.136. The van der Waals surface area contributed by atoms with Crippen molar-refractivity contribution >= 4 is 17.7 Å². The van der Waals surface area contributed by atoms with E-state index in [9.17, 15) is 14.4 Å². The molecule has 3 aliphatic carbocycles. The number of carbonyl (C=O) groups excluding carboxylic acids is 3. The van der Waals surface area contributed by atoms with Gasteiger partial charge < -0.3 is 16.0 Å². The Hall–Kier alpha value is -2.25. The summed E-state index contributed by atoms with van der Waals surface area (Å²) in [6, 6.07) is 6.22. The van der Waals surface area contributed by atoms with Crippen molar-refractivity contribution in [3.63, 3.8) is 0 Å². The van der Waals surface area contributed by atoms with E-state index in [4.69, 9.17) is 5.73 Å². The number of fused-ring (bicyclic) bond motifs is 4. The predicted octanol–water partition coefficient (Wildman–Crippen LogP) is 1.05. The summed E-state index contributed by atoms with van der Waals surface area (Å²) >= 11 is 0. The molecule has 154 valence electrons. The average Bonchev–Trinajstić information content (AvgIpc) is 3.02. The summed E-state index contributed by atoms with van der Waals surface area (Å²) in [5.74, 6) is 0.554. The highest BCUT2D eigenvalue weighted by molar-refractivity contribution is 6.05. The molecule has 2 bridgehead atoms. The molecule has 7 heteroatoms. The predicted molar refractivity (Wildman–Crippen MR) is 107 cm³/mol. The van der Waals surface area contributed by atoms with Gasteiger partial charge in [0, 0.05) is 37.2 Å². The summed E-state index contributed by atoms with van der Waals surface area (Å²) in [4.78, 5) is 38.1. The Balaban J connectivity index is 1.26. The minimum atomic E-state index is -0.562. The van der Waals surface area contributed by atoms with Crippen LogP contribution in [0.15, 0.2) is 18.2 Å². The van der Waals surface area contributed by atoms with Crippen molar-refractivity contribution < 1.29 is 14.4 Å². The molecule has 1 saturated heterocycles. The van der Waals surface area contributed by atoms with Gasteiger partial charge in [0.05, 0.1) is 0 Å². The molecule has 3 saturated carbocycles. The quantitative estimate of drug-likeness (QED) is 0.660. The SMILES string of the molecule is N[C@@H]1C[C@H]2CC[C@@H]1[C@@H](NCc1ccc3c(c1)C(=O)N(C1CCC(=O)NC1=O)C3)C2. The van der Waals surface area contributed by atoms with Crippen LogP contribution in [0.4, 0.5) is 0 Å². The average molecular weight is 396 g/mol. The van der Waals surface area contributed by atoms with Crippen molar-refractivity contribution in [3.8, 4) is 0 Å². The molecule has 7 nitrogen and oxygen atoms in total. The third-order valence-corrected chi connectivity index (χ3v) is 7.33. The molecule has 1 unspecified atom stereocenters. The van der Waals surface area contributed by atoms with Crippen LogP contribution in [0.1, 0.15) is 60.0 Å². The Morgan fingerprint density at radius 1 is 1.14 bits per heavy atom. The number of benzene rings is 1. The standard InChI is InChI=1S/C22H28N4O3/c23-17-8-12-2-4-15(17)18(9-12)24-10-13-1-3-14-11-26(22(29)16(14)7-13)19-5-6-20(27)25-21(19)28/h1,3,7,12,15,17-19,24H,2,4-6,8-11,23H2,(H,25,27,28)/t12-,15+,17-,18+,19?/m1/s1. The van der Waals surface area contributed by atoms with Gasteiger partial charge in [0.15, 0.2) is 0 Å². The van der Waals surface area contributed by atoms with Crippen molar-refractivity contribution in [1.29, 1.82) is 0 Å². The van der Waals surface area contributed by atoms with E-state index in [2.05, 4.69) is 16.7 Å². The zero-order valence-electron chi connectivity index (χ0n) is 16.5. The molecule has 0 spiro atoms. The molecular weight excluding hydrogens is 368 g/mol. The van der Waals surface area contributed by atoms with Gasteiger partial charge in [-0.05, 0) is 61.1 Å². The van der Waals surface area contributed by atoms with Crippen LogP contribution in [-0.2, 0) is 22.7 Å². The molecule has 2 aliphatic heterocycles. The smallest absolute Gasteiger partial charge is 0.255 e. The van der Waals surface area contributed by atoms with Crippen LogP contribution in [0.25, 0.3) is 0 Å². The lowest BCUT2D eigenvalue weighted by Gasteiger charge is -2.46. The van der Waals surface area contributed by atoms with E-state index in [0.29, 0.717) is 36.5 Å². The third kappa shape index (κ3) is 3.36. The molecule has 0 aromatic heterocycles. The number of piperidine rings is 1. The molecule has 1 aromatic rings. The maximum atomic E-state index is 13.0. The Bertz CT molecular complexity index is 870. The molecule has 3 amide bonds. The molecule has 5 atom stereocenters. The Kier molecular flexibility index (Phi) is 4.67. The number of amides is 3. The van der Waals surface area contributed by atoms with Gasteiger partial charge in [-0.2, -0.15) is 0 Å². The third-order valence-electron chi connectivity index (χ3n) is 7.33. The minimum Gasteiger partial charge on any atom is -0.327 e. The van der Waals surface area contributed by atoms with Crippen LogP contribution in [0.3, 0.4) is 0 Å². The fraction of sp³-hybridized carbons (Fsp3) is 0.591. The first-order valence-corrected chi connectivity index (χ1v) is 10.7. The second-order valence-electron chi connectivity index (χ2n) is 9.12. The summed E-state index contributed by atoms with van der Waals surface area (Å²) in [5.41, 5.74) is 9.04. The van der Waals surface area contributed by atoms with Gasteiger partial charge in [0.2, 0.25) is 11.8 Å². The van der Waals surface area contributed by atoms with Gasteiger partial charge in [-0.15, -0.1) is 0 Å². The molecule has 29 heavy (non-hydrogen) atoms. The number of nitrogens with one attached hydrogen (secondary N) is 2. The van der Waals surface area contributed by atoms with Crippen molar-refractivity contribution in [2.45, 2.75) is 69.7 Å². The normalized spacial score (nSPS) is 33.8. The Labute approximate surface area is 170 Å². The lowest BCUT2D eigenvalue weighted by atomic mass is 9.65. The van der Waals surface area contributed by atoms with Gasteiger partial charge in [0.1, 0.15) is 6.04 Å². The Morgan fingerprint density at radius 3 is 2.76 bits per heavy atom. The van der Waals surface area contributed by atoms with E-state index in [1.807, 2.05) is 12.1 Å². The molecule has 6 rings (SSSR count). The fourth-order valence-corrected chi connectivity index (χ4v) is 5.76. The second-order valence-corrected chi connectivity index (χ2v) is 9.12. The molecule has 2 heterocycles. The first-order valence-electron chi connectivity index (χ1n) is 10.7. The van der Waals surface area contributed by atoms with E-state index in [-0.39, 0.29) is 24.1 Å². The summed E-state index contributed by atoms with van der Waals surface area (Å²) in [6.07, 6.45) is 5.55. The van der Waals surface area contributed by atoms with Crippen LogP contribution in [0, 0.1) is 11.8 Å². The van der Waals surface area contributed by atoms with Crippen molar-refractivity contribution in [3.05, 3.63) is 34.9 Å². The second kappa shape index (κ2) is 7.22. The van der Waals surface area contributed by atoms with Gasteiger partial charge in [0.25, 0.3) is 5.91 Å². The zero-order valence-corrected chi connectivity index (χ0v) is 16.5. The van der Waals surface area contributed by atoms with E-state index in [0.717, 1.165) is 30.0 Å². The van der Waals surface area contributed by atoms with E-state index >= 15 is 0 Å². The molecule has 1 aromatic carbocycles. The highest BCUT2D eigenvalue weighted by Gasteiger charge is 2.41. The number of nitrogens with two attached hydrogens (primary N) is 1. The molecular formula is C22H28N4O3. The summed E-state index contributed by atoms with van der Waals surface area (Å²) < 4.78 is 0. The van der Waals surface area contributed by atoms with Crippen LogP contribution in [0.5, 0.6) is 0 Å². The number of carbonyl (C=O) groups is 3. The van der Waals surface area contributed by atoms with Gasteiger partial charge in [-0.25, -0.2) is 0 Å². The number of imide groups is 1. The van der Waals surface area contributed by atoms with E-state index in [1.165, 1.54) is 19.3 Å². The number of rotatable bonds is 4. The fourth-order valence-electron chi connectivity index (χ4n) is 5.76. The van der Waals surface area contributed by atoms with Crippen LogP contribution in [0.2, 0.25) is 0 Å². The number of nitrogens with zero attached hydrogens (tertiary/aromatic N) is 1. The Morgan fingerprint density at radius 2 is 2.00 bits per heavy atom. The van der Waals surface area contributed by atoms with Gasteiger partial charge in [-0.1, -0.05) is 12.1 Å². The van der Waals surface area contributed by atoms with Crippen molar-refractivity contribution in [1.82, 2.24) is 15.5 Å². The first kappa shape index (κ1) is 18.8. The number of hydrogen-bond donors (Lipinski definition) is 3. The van der Waals surface area contributed by atoms with Gasteiger partial charge in [-0.3, -0.25) is 19.7 Å². The van der Waals surface area contributed by atoms with E-state index in [1.54, 1.807) is 4.90 Å². The van der Waals surface area contributed by atoms with Crippen molar-refractivity contribution in [2.75, 3.05) is 0 Å². The monoisotopic (exact) mass is 396 g/mol. The molecule has 5 aliphatic rings. The van der Waals surface area contributed by atoms with E-state index < -0.39 is 6.04 Å². The minimum absolute atomic E-state index is 0.116. The van der Waals surface area contributed by atoms with Crippen molar-refractivity contribution in [2.24, 2.45) is 17.6 Å². The topological polar surface area (TPSA) is 105 Å². The largest absolute Gasteiger partial charge is 0.327 e. The maximum Gasteiger partial charge on any atom is 0.255 e. The maximum absolute atomic E-state index is 13.0. The zero-order chi connectivity index (χ0) is 20.1. The molecule has 4 fully saturated rings. The lowest BCUT2D eigenvalue weighted by Crippen LogP contribution is -2.54. The summed E-state index contributed by atoms with van der Waals surface area (Å²) in [5, 5.41) is 6.03. The van der Waals surface area contributed by atoms with Crippen LogP contribution in [-0.4, -0.2) is 40.7 Å². The van der Waals surface area contributed by atoms with Gasteiger partial charge >= 0.3 is 0 Å². The first-order chi connectivity index (χ1) is 14.0. The molecule has 0 radical (unpaired) electrons.